The Bertz CT molecular complexity index is 616. The van der Waals surface area contributed by atoms with Crippen molar-refractivity contribution in [1.82, 2.24) is 10.2 Å². The van der Waals surface area contributed by atoms with E-state index in [0.29, 0.717) is 17.7 Å². The SMILES string of the molecule is CC(C)C[C@H](NC(=O)c1ccc(N)cc1)C(=O)OC1CCCC1.CCN(CC)CC. The summed E-state index contributed by atoms with van der Waals surface area (Å²) >= 11 is 0. The molecule has 6 nitrogen and oxygen atoms in total. The van der Waals surface area contributed by atoms with E-state index in [1.54, 1.807) is 24.3 Å². The first-order chi connectivity index (χ1) is 14.3. The molecule has 1 amide bonds. The van der Waals surface area contributed by atoms with E-state index < -0.39 is 6.04 Å². The second-order valence-corrected chi connectivity index (χ2v) is 8.24. The van der Waals surface area contributed by atoms with Gasteiger partial charge in [0.1, 0.15) is 12.1 Å². The molecule has 1 atom stereocenters. The molecule has 0 aromatic heterocycles. The van der Waals surface area contributed by atoms with Crippen LogP contribution < -0.4 is 11.1 Å². The van der Waals surface area contributed by atoms with Gasteiger partial charge in [-0.2, -0.15) is 0 Å². The predicted molar refractivity (Wildman–Crippen MR) is 123 cm³/mol. The van der Waals surface area contributed by atoms with Crippen LogP contribution in [0.15, 0.2) is 24.3 Å². The Labute approximate surface area is 182 Å². The molecule has 6 heteroatoms. The summed E-state index contributed by atoms with van der Waals surface area (Å²) in [5.74, 6) is -0.323. The van der Waals surface area contributed by atoms with Gasteiger partial charge < -0.3 is 20.7 Å². The van der Waals surface area contributed by atoms with E-state index in [1.807, 2.05) is 13.8 Å². The number of carbonyl (C=O) groups is 2. The van der Waals surface area contributed by atoms with Gasteiger partial charge in [-0.3, -0.25) is 4.79 Å². The molecule has 30 heavy (non-hydrogen) atoms. The molecule has 1 aromatic rings. The summed E-state index contributed by atoms with van der Waals surface area (Å²) in [7, 11) is 0. The Hall–Kier alpha value is -2.08. The van der Waals surface area contributed by atoms with E-state index in [2.05, 4.69) is 31.0 Å². The number of esters is 1. The molecular weight excluding hydrogens is 378 g/mol. The van der Waals surface area contributed by atoms with E-state index >= 15 is 0 Å². The van der Waals surface area contributed by atoms with Crippen molar-refractivity contribution in [2.45, 2.75) is 78.9 Å². The van der Waals surface area contributed by atoms with Crippen LogP contribution in [0.25, 0.3) is 0 Å². The van der Waals surface area contributed by atoms with E-state index in [1.165, 1.54) is 19.6 Å². The number of amides is 1. The number of rotatable bonds is 9. The second kappa shape index (κ2) is 14.0. The number of nitrogens with zero attached hydrogens (tertiary/aromatic N) is 1. The Balaban J connectivity index is 0.000000553. The van der Waals surface area contributed by atoms with Crippen molar-refractivity contribution >= 4 is 17.6 Å². The zero-order valence-electron chi connectivity index (χ0n) is 19.4. The van der Waals surface area contributed by atoms with Gasteiger partial charge in [0.05, 0.1) is 0 Å². The Morgan fingerprint density at radius 1 is 1.07 bits per heavy atom. The van der Waals surface area contributed by atoms with Crippen LogP contribution in [-0.4, -0.2) is 48.6 Å². The summed E-state index contributed by atoms with van der Waals surface area (Å²) in [5, 5.41) is 2.80. The van der Waals surface area contributed by atoms with Crippen LogP contribution in [0.1, 0.15) is 77.1 Å². The fourth-order valence-corrected chi connectivity index (χ4v) is 3.48. The van der Waals surface area contributed by atoms with Crippen LogP contribution in [0.4, 0.5) is 5.69 Å². The standard InChI is InChI=1S/C18H26N2O3.C6H15N/c1-12(2)11-16(18(22)23-15-5-3-4-6-15)20-17(21)13-7-9-14(19)10-8-13;1-4-7(5-2)6-3/h7-10,12,15-16H,3-6,11,19H2,1-2H3,(H,20,21);4-6H2,1-3H3/t16-;/m0./s1. The maximum Gasteiger partial charge on any atom is 0.328 e. The maximum atomic E-state index is 12.4. The number of hydrogen-bond acceptors (Lipinski definition) is 5. The number of nitrogens with one attached hydrogen (secondary N) is 1. The first-order valence-electron chi connectivity index (χ1n) is 11.4. The van der Waals surface area contributed by atoms with Gasteiger partial charge >= 0.3 is 5.97 Å². The molecule has 0 spiro atoms. The average Bonchev–Trinajstić information content (AvgIpc) is 3.22. The van der Waals surface area contributed by atoms with E-state index in [4.69, 9.17) is 10.5 Å². The lowest BCUT2D eigenvalue weighted by atomic mass is 10.0. The van der Waals surface area contributed by atoms with Crippen LogP contribution in [0.3, 0.4) is 0 Å². The fraction of sp³-hybridized carbons (Fsp3) is 0.667. The lowest BCUT2D eigenvalue weighted by Gasteiger charge is -2.21. The van der Waals surface area contributed by atoms with Crippen molar-refractivity contribution in [3.63, 3.8) is 0 Å². The topological polar surface area (TPSA) is 84.7 Å². The molecule has 0 bridgehead atoms. The van der Waals surface area contributed by atoms with Crippen LogP contribution in [0, 0.1) is 5.92 Å². The van der Waals surface area contributed by atoms with Gasteiger partial charge in [-0.15, -0.1) is 0 Å². The maximum absolute atomic E-state index is 12.4. The summed E-state index contributed by atoms with van der Waals surface area (Å²) in [6, 6.07) is 6.03. The monoisotopic (exact) mass is 419 g/mol. The van der Waals surface area contributed by atoms with E-state index in [-0.39, 0.29) is 23.9 Å². The number of benzene rings is 1. The molecule has 3 N–H and O–H groups in total. The van der Waals surface area contributed by atoms with Crippen molar-refractivity contribution in [3.8, 4) is 0 Å². The molecule has 0 saturated heterocycles. The molecular formula is C24H41N3O3. The summed E-state index contributed by atoms with van der Waals surface area (Å²) in [6.07, 6.45) is 4.62. The number of carbonyl (C=O) groups excluding carboxylic acids is 2. The van der Waals surface area contributed by atoms with Gasteiger partial charge in [0.2, 0.25) is 0 Å². The molecule has 170 valence electrons. The lowest BCUT2D eigenvalue weighted by molar-refractivity contribution is -0.151. The first kappa shape index (κ1) is 26.0. The zero-order chi connectivity index (χ0) is 22.5. The summed E-state index contributed by atoms with van der Waals surface area (Å²) in [6.45, 7) is 14.2. The highest BCUT2D eigenvalue weighted by Crippen LogP contribution is 2.22. The third kappa shape index (κ3) is 9.61. The number of nitrogens with two attached hydrogens (primary N) is 1. The Morgan fingerprint density at radius 3 is 2.03 bits per heavy atom. The van der Waals surface area contributed by atoms with Crippen LogP contribution in [0.2, 0.25) is 0 Å². The quantitative estimate of drug-likeness (QED) is 0.462. The average molecular weight is 420 g/mol. The lowest BCUT2D eigenvalue weighted by Crippen LogP contribution is -2.43. The van der Waals surface area contributed by atoms with Gasteiger partial charge in [-0.1, -0.05) is 34.6 Å². The van der Waals surface area contributed by atoms with Gasteiger partial charge in [0.15, 0.2) is 0 Å². The Morgan fingerprint density at radius 2 is 1.60 bits per heavy atom. The van der Waals surface area contributed by atoms with Crippen molar-refractivity contribution in [3.05, 3.63) is 29.8 Å². The minimum Gasteiger partial charge on any atom is -0.461 e. The molecule has 2 rings (SSSR count). The summed E-state index contributed by atoms with van der Waals surface area (Å²) in [5.41, 5.74) is 6.71. The second-order valence-electron chi connectivity index (χ2n) is 8.24. The minimum atomic E-state index is -0.611. The van der Waals surface area contributed by atoms with Gasteiger partial charge in [-0.25, -0.2) is 4.79 Å². The zero-order valence-corrected chi connectivity index (χ0v) is 19.4. The predicted octanol–water partition coefficient (Wildman–Crippen LogP) is 4.25. The number of anilines is 1. The summed E-state index contributed by atoms with van der Waals surface area (Å²) in [4.78, 5) is 27.1. The highest BCUT2D eigenvalue weighted by molar-refractivity contribution is 5.97. The molecule has 0 aliphatic heterocycles. The molecule has 1 aliphatic carbocycles. The number of hydrogen-bond donors (Lipinski definition) is 2. The van der Waals surface area contributed by atoms with E-state index in [9.17, 15) is 9.59 Å². The molecule has 0 radical (unpaired) electrons. The normalized spacial score (nSPS) is 14.9. The minimum absolute atomic E-state index is 0.00517. The molecule has 0 unspecified atom stereocenters. The fourth-order valence-electron chi connectivity index (χ4n) is 3.48. The van der Waals surface area contributed by atoms with E-state index in [0.717, 1.165) is 25.7 Å². The van der Waals surface area contributed by atoms with Gasteiger partial charge in [0, 0.05) is 11.3 Å². The third-order valence-electron chi connectivity index (χ3n) is 5.40. The Kier molecular flexibility index (Phi) is 12.1. The molecule has 0 heterocycles. The highest BCUT2D eigenvalue weighted by Gasteiger charge is 2.27. The molecule has 1 saturated carbocycles. The van der Waals surface area contributed by atoms with Crippen molar-refractivity contribution < 1.29 is 14.3 Å². The van der Waals surface area contributed by atoms with Crippen molar-refractivity contribution in [1.29, 1.82) is 0 Å². The van der Waals surface area contributed by atoms with Gasteiger partial charge in [-0.05, 0) is 81.9 Å². The third-order valence-corrected chi connectivity index (χ3v) is 5.40. The van der Waals surface area contributed by atoms with Crippen molar-refractivity contribution in [2.75, 3.05) is 25.4 Å². The van der Waals surface area contributed by atoms with Crippen molar-refractivity contribution in [2.24, 2.45) is 5.92 Å². The molecule has 1 aliphatic rings. The number of nitrogen functional groups attached to an aromatic ring is 1. The number of ether oxygens (including phenoxy) is 1. The molecule has 1 fully saturated rings. The van der Waals surface area contributed by atoms with Crippen LogP contribution in [-0.2, 0) is 9.53 Å². The first-order valence-corrected chi connectivity index (χ1v) is 11.4. The molecule has 1 aromatic carbocycles. The van der Waals surface area contributed by atoms with Crippen LogP contribution in [0.5, 0.6) is 0 Å². The van der Waals surface area contributed by atoms with Gasteiger partial charge in [0.25, 0.3) is 5.91 Å². The largest absolute Gasteiger partial charge is 0.461 e. The van der Waals surface area contributed by atoms with Crippen LogP contribution >= 0.6 is 0 Å². The highest BCUT2D eigenvalue weighted by atomic mass is 16.5. The smallest absolute Gasteiger partial charge is 0.328 e. The summed E-state index contributed by atoms with van der Waals surface area (Å²) < 4.78 is 5.56.